The van der Waals surface area contributed by atoms with Crippen LogP contribution in [0, 0.1) is 10.1 Å². The first-order chi connectivity index (χ1) is 19.5. The van der Waals surface area contributed by atoms with Crippen LogP contribution in [0.2, 0.25) is 0 Å². The van der Waals surface area contributed by atoms with E-state index >= 15 is 0 Å². The summed E-state index contributed by atoms with van der Waals surface area (Å²) in [6, 6.07) is 2.05. The van der Waals surface area contributed by atoms with E-state index < -0.39 is 69.1 Å². The Bertz CT molecular complexity index is 1540. The quantitative estimate of drug-likeness (QED) is 0.0573. The Balaban J connectivity index is 1.77. The van der Waals surface area contributed by atoms with Gasteiger partial charge in [-0.05, 0) is 31.5 Å². The molecule has 0 aliphatic carbocycles. The Morgan fingerprint density at radius 1 is 1.26 bits per heavy atom. The van der Waals surface area contributed by atoms with Gasteiger partial charge in [0.05, 0.1) is 4.92 Å². The number of primary amides is 1. The third-order valence-electron chi connectivity index (χ3n) is 5.45. The maximum atomic E-state index is 13.1. The molecule has 226 valence electrons. The zero-order valence-electron chi connectivity index (χ0n) is 21.7. The van der Waals surface area contributed by atoms with Crippen LogP contribution in [0.5, 0.6) is 0 Å². The summed E-state index contributed by atoms with van der Waals surface area (Å²) in [6.07, 6.45) is -1.31. The maximum Gasteiger partial charge on any atom is 0.404 e. The lowest BCUT2D eigenvalue weighted by Crippen LogP contribution is -2.73. The smallest absolute Gasteiger partial charge is 0.404 e. The number of nitrogens with two attached hydrogens (primary N) is 2. The van der Waals surface area contributed by atoms with E-state index in [1.165, 1.54) is 43.5 Å². The van der Waals surface area contributed by atoms with Gasteiger partial charge in [0.25, 0.3) is 17.5 Å². The number of thiazole rings is 1. The molecular weight excluding hydrogens is 606 g/mol. The predicted molar refractivity (Wildman–Crippen MR) is 141 cm³/mol. The van der Waals surface area contributed by atoms with Crippen molar-refractivity contribution in [3.63, 3.8) is 0 Å². The molecule has 0 unspecified atom stereocenters. The molecule has 0 radical (unpaired) electrons. The van der Waals surface area contributed by atoms with Gasteiger partial charge in [0.1, 0.15) is 31.0 Å². The van der Waals surface area contributed by atoms with Crippen LogP contribution < -0.4 is 16.8 Å². The number of benzene rings is 1. The minimum Gasteiger partial charge on any atom is -0.458 e. The molecule has 1 aromatic carbocycles. The molecule has 1 aromatic heterocycles. The van der Waals surface area contributed by atoms with Gasteiger partial charge in [-0.2, -0.15) is 8.42 Å². The molecule has 42 heavy (non-hydrogen) atoms. The fourth-order valence-corrected chi connectivity index (χ4v) is 4.75. The monoisotopic (exact) mass is 629 g/mol. The van der Waals surface area contributed by atoms with Crippen LogP contribution >= 0.6 is 11.3 Å². The van der Waals surface area contributed by atoms with Gasteiger partial charge in [-0.3, -0.25) is 24.3 Å². The standard InChI is InChI=1S/C21H23N7O12S2/c1-21(2,18(31)38-7-10-3-5-11(6-4-10)28(33)34)40-26-14(12-9-41-19(22)24-12)16(29)25-15-13(8-39-20(23)32)27(17(15)30)42(35,36)37/h3-6,9,13,15H,7-8H2,1-2H3,(H2,22,24)(H2,23,32)(H,25,29)(H,35,36,37)/t13-,15+/m0/s1. The molecule has 2 heterocycles. The number of oxime groups is 1. The van der Waals surface area contributed by atoms with Crippen LogP contribution in [0.15, 0.2) is 34.8 Å². The molecule has 3 amide bonds. The summed E-state index contributed by atoms with van der Waals surface area (Å²) in [7, 11) is -5.08. The number of carbonyl (C=O) groups is 4. The van der Waals surface area contributed by atoms with E-state index in [4.69, 9.17) is 21.0 Å². The normalized spacial score (nSPS) is 17.2. The van der Waals surface area contributed by atoms with Crippen molar-refractivity contribution in [1.29, 1.82) is 0 Å². The topological polar surface area (TPSA) is 286 Å². The number of nitrogens with one attached hydrogen (secondary N) is 1. The molecular formula is C21H23N7O12S2. The number of rotatable bonds is 12. The second-order valence-electron chi connectivity index (χ2n) is 8.87. The number of aromatic nitrogens is 1. The number of nitro benzene ring substituents is 1. The summed E-state index contributed by atoms with van der Waals surface area (Å²) in [5, 5.41) is 18.0. The summed E-state index contributed by atoms with van der Waals surface area (Å²) in [5.41, 5.74) is 8.25. The third kappa shape index (κ3) is 7.44. The molecule has 21 heteroatoms. The van der Waals surface area contributed by atoms with E-state index in [1.54, 1.807) is 0 Å². The number of β-lactam (4-membered cyclic amide) rings is 1. The molecule has 2 atom stereocenters. The minimum absolute atomic E-state index is 0.0114. The van der Waals surface area contributed by atoms with Crippen LogP contribution in [-0.4, -0.2) is 81.1 Å². The largest absolute Gasteiger partial charge is 0.458 e. The number of nitrogens with zero attached hydrogens (tertiary/aromatic N) is 4. The first-order valence-electron chi connectivity index (χ1n) is 11.4. The van der Waals surface area contributed by atoms with Gasteiger partial charge < -0.3 is 31.1 Å². The second-order valence-corrected chi connectivity index (χ2v) is 11.1. The molecule has 1 saturated heterocycles. The lowest BCUT2D eigenvalue weighted by atomic mass is 9.99. The molecule has 0 saturated carbocycles. The highest BCUT2D eigenvalue weighted by molar-refractivity contribution is 7.84. The number of non-ortho nitro benzene ring substituents is 1. The summed E-state index contributed by atoms with van der Waals surface area (Å²) in [5.74, 6) is -3.35. The van der Waals surface area contributed by atoms with Crippen LogP contribution in [0.3, 0.4) is 0 Å². The zero-order chi connectivity index (χ0) is 31.4. The van der Waals surface area contributed by atoms with Crippen molar-refractivity contribution in [1.82, 2.24) is 14.6 Å². The second kappa shape index (κ2) is 12.3. The molecule has 1 fully saturated rings. The molecule has 0 spiro atoms. The Morgan fingerprint density at radius 3 is 2.43 bits per heavy atom. The highest BCUT2D eigenvalue weighted by Crippen LogP contribution is 2.25. The van der Waals surface area contributed by atoms with Crippen LogP contribution in [-0.2, 0) is 45.6 Å². The first-order valence-corrected chi connectivity index (χ1v) is 13.7. The zero-order valence-corrected chi connectivity index (χ0v) is 23.3. The highest BCUT2D eigenvalue weighted by atomic mass is 32.2. The maximum absolute atomic E-state index is 13.1. The fourth-order valence-electron chi connectivity index (χ4n) is 3.34. The van der Waals surface area contributed by atoms with Crippen molar-refractivity contribution in [3.8, 4) is 0 Å². The molecule has 3 rings (SSSR count). The molecule has 19 nitrogen and oxygen atoms in total. The Kier molecular flexibility index (Phi) is 9.28. The number of hydrogen-bond acceptors (Lipinski definition) is 15. The number of nitrogen functional groups attached to an aromatic ring is 1. The van der Waals surface area contributed by atoms with E-state index in [0.29, 0.717) is 5.56 Å². The van der Waals surface area contributed by atoms with Gasteiger partial charge in [-0.1, -0.05) is 5.16 Å². The van der Waals surface area contributed by atoms with E-state index in [9.17, 15) is 42.3 Å². The lowest BCUT2D eigenvalue weighted by molar-refractivity contribution is -0.384. The number of amides is 3. The molecule has 6 N–H and O–H groups in total. The number of ether oxygens (including phenoxy) is 2. The third-order valence-corrected chi connectivity index (χ3v) is 7.08. The van der Waals surface area contributed by atoms with Crippen molar-refractivity contribution in [2.24, 2.45) is 10.9 Å². The first kappa shape index (κ1) is 31.6. The van der Waals surface area contributed by atoms with Crippen molar-refractivity contribution in [2.75, 3.05) is 12.3 Å². The van der Waals surface area contributed by atoms with Gasteiger partial charge >= 0.3 is 22.4 Å². The fraction of sp³-hybridized carbons (Fsp3) is 0.333. The number of carbonyl (C=O) groups excluding carboxylic acids is 4. The number of anilines is 1. The number of nitro groups is 1. The van der Waals surface area contributed by atoms with Gasteiger partial charge in [0.2, 0.25) is 5.60 Å². The molecule has 2 aromatic rings. The van der Waals surface area contributed by atoms with Crippen LogP contribution in [0.1, 0.15) is 25.1 Å². The van der Waals surface area contributed by atoms with Crippen LogP contribution in [0.25, 0.3) is 0 Å². The Labute approximate surface area is 240 Å². The van der Waals surface area contributed by atoms with Gasteiger partial charge in [0.15, 0.2) is 10.8 Å². The summed E-state index contributed by atoms with van der Waals surface area (Å²) in [6.45, 7) is 1.45. The average Bonchev–Trinajstić information content (AvgIpc) is 3.32. The van der Waals surface area contributed by atoms with E-state index in [-0.39, 0.29) is 27.4 Å². The lowest BCUT2D eigenvalue weighted by Gasteiger charge is -2.43. The summed E-state index contributed by atoms with van der Waals surface area (Å²) in [4.78, 5) is 68.6. The number of esters is 1. The number of hydrogen-bond donors (Lipinski definition) is 4. The van der Waals surface area contributed by atoms with Crippen molar-refractivity contribution < 1.29 is 51.4 Å². The van der Waals surface area contributed by atoms with E-state index in [1.807, 2.05) is 0 Å². The van der Waals surface area contributed by atoms with Gasteiger partial charge in [-0.25, -0.2) is 18.9 Å². The van der Waals surface area contributed by atoms with Crippen molar-refractivity contribution in [3.05, 3.63) is 51.0 Å². The molecule has 1 aliphatic heterocycles. The molecule has 1 aliphatic rings. The minimum atomic E-state index is -5.08. The SMILES string of the molecule is CC(C)(ON=C(C(=O)N[C@H]1C(=O)N(S(=O)(=O)O)[C@H]1COC(N)=O)c1csc(N)n1)C(=O)OCc1ccc([N+](=O)[O-])cc1. The van der Waals surface area contributed by atoms with E-state index in [0.717, 1.165) is 11.3 Å². The van der Waals surface area contributed by atoms with Gasteiger partial charge in [0, 0.05) is 17.5 Å². The van der Waals surface area contributed by atoms with Crippen molar-refractivity contribution in [2.45, 2.75) is 38.1 Å². The van der Waals surface area contributed by atoms with Gasteiger partial charge in [-0.15, -0.1) is 11.3 Å². The Morgan fingerprint density at radius 2 is 1.90 bits per heavy atom. The van der Waals surface area contributed by atoms with Crippen LogP contribution in [0.4, 0.5) is 15.6 Å². The molecule has 0 bridgehead atoms. The Hall–Kier alpha value is -4.89. The summed E-state index contributed by atoms with van der Waals surface area (Å²) >= 11 is 0.911. The van der Waals surface area contributed by atoms with E-state index in [2.05, 4.69) is 20.2 Å². The predicted octanol–water partition coefficient (Wildman–Crippen LogP) is -0.530. The van der Waals surface area contributed by atoms with Crippen molar-refractivity contribution >= 4 is 62.0 Å². The average molecular weight is 630 g/mol. The summed E-state index contributed by atoms with van der Waals surface area (Å²) < 4.78 is 42.2. The highest BCUT2D eigenvalue weighted by Gasteiger charge is 2.55.